The first-order valence-electron chi connectivity index (χ1n) is 5.90. The van der Waals surface area contributed by atoms with Gasteiger partial charge < -0.3 is 14.9 Å². The van der Waals surface area contributed by atoms with Gasteiger partial charge in [0.2, 0.25) is 0 Å². The second-order valence-electron chi connectivity index (χ2n) is 5.23. The second kappa shape index (κ2) is 5.73. The Kier molecular flexibility index (Phi) is 4.49. The molecule has 0 bridgehead atoms. The third-order valence-electron chi connectivity index (χ3n) is 2.52. The number of ketones is 1. The molecule has 1 aromatic rings. The molecule has 0 unspecified atom stereocenters. The molecule has 0 aliphatic heterocycles. The summed E-state index contributed by atoms with van der Waals surface area (Å²) in [6.45, 7) is 5.13. The van der Waals surface area contributed by atoms with Crippen molar-refractivity contribution in [2.45, 2.75) is 20.8 Å². The van der Waals surface area contributed by atoms with E-state index in [1.165, 1.54) is 19.2 Å². The van der Waals surface area contributed by atoms with Crippen LogP contribution in [0.4, 0.5) is 0 Å². The summed E-state index contributed by atoms with van der Waals surface area (Å²) >= 11 is 0. The van der Waals surface area contributed by atoms with E-state index in [0.717, 1.165) is 6.08 Å². The van der Waals surface area contributed by atoms with Crippen LogP contribution in [-0.2, 0) is 4.79 Å². The maximum Gasteiger partial charge on any atom is 0.354 e. The van der Waals surface area contributed by atoms with Crippen LogP contribution in [-0.4, -0.2) is 34.1 Å². The number of nitrogens with zero attached hydrogens (tertiary/aromatic N) is 1. The van der Waals surface area contributed by atoms with Crippen molar-refractivity contribution in [2.75, 3.05) is 7.11 Å². The lowest BCUT2D eigenvalue weighted by molar-refractivity contribution is -0.121. The van der Waals surface area contributed by atoms with Crippen molar-refractivity contribution in [1.82, 2.24) is 4.98 Å². The Balaban J connectivity index is 3.25. The summed E-state index contributed by atoms with van der Waals surface area (Å²) in [7, 11) is 1.37. The predicted molar refractivity (Wildman–Crippen MR) is 72.8 cm³/mol. The van der Waals surface area contributed by atoms with E-state index in [4.69, 9.17) is 9.84 Å². The quantitative estimate of drug-likeness (QED) is 0.648. The number of aliphatic hydroxyl groups is 1. The van der Waals surface area contributed by atoms with Crippen LogP contribution >= 0.6 is 0 Å². The highest BCUT2D eigenvalue weighted by Gasteiger charge is 2.21. The van der Waals surface area contributed by atoms with Crippen LogP contribution in [0, 0.1) is 5.41 Å². The van der Waals surface area contributed by atoms with Crippen molar-refractivity contribution in [1.29, 1.82) is 0 Å². The number of ether oxygens (including phenoxy) is 1. The topological polar surface area (TPSA) is 96.7 Å². The summed E-state index contributed by atoms with van der Waals surface area (Å²) in [5, 5.41) is 18.8. The van der Waals surface area contributed by atoms with E-state index in [1.807, 2.05) is 0 Å². The SMILES string of the molecule is COc1cc(C(=O)O)nc(/C(O)=C/C(=O)C(C)(C)C)c1. The molecule has 1 aromatic heterocycles. The van der Waals surface area contributed by atoms with Gasteiger partial charge in [-0.3, -0.25) is 4.79 Å². The van der Waals surface area contributed by atoms with Crippen molar-refractivity contribution in [3.05, 3.63) is 29.6 Å². The van der Waals surface area contributed by atoms with Crippen LogP contribution < -0.4 is 4.74 Å². The lowest BCUT2D eigenvalue weighted by Crippen LogP contribution is -2.18. The summed E-state index contributed by atoms with van der Waals surface area (Å²) in [6.07, 6.45) is 1.04. The van der Waals surface area contributed by atoms with Gasteiger partial charge in [0.15, 0.2) is 11.5 Å². The van der Waals surface area contributed by atoms with Crippen molar-refractivity contribution >= 4 is 17.5 Å². The molecule has 0 atom stereocenters. The lowest BCUT2D eigenvalue weighted by Gasteiger charge is -2.13. The molecule has 0 amide bonds. The molecule has 0 aromatic carbocycles. The van der Waals surface area contributed by atoms with Gasteiger partial charge >= 0.3 is 5.97 Å². The van der Waals surface area contributed by atoms with Gasteiger partial charge in [-0.05, 0) is 0 Å². The van der Waals surface area contributed by atoms with Gasteiger partial charge in [0, 0.05) is 23.6 Å². The molecule has 1 rings (SSSR count). The number of aliphatic hydroxyl groups excluding tert-OH is 1. The van der Waals surface area contributed by atoms with Gasteiger partial charge in [-0.15, -0.1) is 0 Å². The van der Waals surface area contributed by atoms with Crippen LogP contribution in [0.3, 0.4) is 0 Å². The molecule has 20 heavy (non-hydrogen) atoms. The molecule has 6 nitrogen and oxygen atoms in total. The van der Waals surface area contributed by atoms with Gasteiger partial charge in [0.1, 0.15) is 17.2 Å². The molecule has 108 valence electrons. The highest BCUT2D eigenvalue weighted by atomic mass is 16.5. The molecule has 0 saturated carbocycles. The zero-order chi connectivity index (χ0) is 15.5. The number of aromatic carboxylic acids is 1. The number of hydrogen-bond acceptors (Lipinski definition) is 5. The van der Waals surface area contributed by atoms with Crippen molar-refractivity contribution in [3.63, 3.8) is 0 Å². The number of rotatable bonds is 4. The number of carboxylic acid groups (broad SMARTS) is 1. The number of hydrogen-bond donors (Lipinski definition) is 2. The molecule has 0 aliphatic rings. The second-order valence-corrected chi connectivity index (χ2v) is 5.23. The smallest absolute Gasteiger partial charge is 0.354 e. The highest BCUT2D eigenvalue weighted by Crippen LogP contribution is 2.21. The minimum absolute atomic E-state index is 0.0284. The average Bonchev–Trinajstić information content (AvgIpc) is 2.36. The standard InChI is InChI=1S/C14H17NO5/c1-14(2,3)12(17)7-11(16)9-5-8(20-4)6-10(15-9)13(18)19/h5-7,16H,1-4H3,(H,18,19)/b11-7-. The Bertz CT molecular complexity index is 569. The fraction of sp³-hybridized carbons (Fsp3) is 0.357. The number of methoxy groups -OCH3 is 1. The number of carbonyl (C=O) groups is 2. The number of carboxylic acids is 1. The molecule has 1 heterocycles. The average molecular weight is 279 g/mol. The van der Waals surface area contributed by atoms with Gasteiger partial charge in [0.25, 0.3) is 0 Å². The van der Waals surface area contributed by atoms with Crippen LogP contribution in [0.25, 0.3) is 5.76 Å². The summed E-state index contributed by atoms with van der Waals surface area (Å²) in [6, 6.07) is 2.58. The van der Waals surface area contributed by atoms with E-state index in [1.54, 1.807) is 20.8 Å². The first-order valence-corrected chi connectivity index (χ1v) is 5.90. The Morgan fingerprint density at radius 3 is 2.20 bits per heavy atom. The summed E-state index contributed by atoms with van der Waals surface area (Å²) in [5.74, 6) is -1.71. The fourth-order valence-corrected chi connectivity index (χ4v) is 1.28. The molecule has 0 aliphatic carbocycles. The molecule has 0 fully saturated rings. The molecular weight excluding hydrogens is 262 g/mol. The van der Waals surface area contributed by atoms with E-state index in [-0.39, 0.29) is 22.9 Å². The van der Waals surface area contributed by atoms with Crippen LogP contribution in [0.5, 0.6) is 5.75 Å². The number of carbonyl (C=O) groups excluding carboxylic acids is 1. The van der Waals surface area contributed by atoms with E-state index in [9.17, 15) is 14.7 Å². The first-order chi connectivity index (χ1) is 9.15. The largest absolute Gasteiger partial charge is 0.506 e. The predicted octanol–water partition coefficient (Wildman–Crippen LogP) is 2.30. The van der Waals surface area contributed by atoms with Gasteiger partial charge in [0.05, 0.1) is 7.11 Å². The summed E-state index contributed by atoms with van der Waals surface area (Å²) < 4.78 is 4.94. The Morgan fingerprint density at radius 1 is 1.20 bits per heavy atom. The van der Waals surface area contributed by atoms with Gasteiger partial charge in [-0.2, -0.15) is 0 Å². The van der Waals surface area contributed by atoms with Gasteiger partial charge in [-0.1, -0.05) is 20.8 Å². The minimum Gasteiger partial charge on any atom is -0.506 e. The zero-order valence-electron chi connectivity index (χ0n) is 11.8. The first kappa shape index (κ1) is 15.7. The van der Waals surface area contributed by atoms with Crippen LogP contribution in [0.1, 0.15) is 37.0 Å². The van der Waals surface area contributed by atoms with E-state index < -0.39 is 17.1 Å². The molecule has 2 N–H and O–H groups in total. The highest BCUT2D eigenvalue weighted by molar-refractivity contribution is 5.98. The Hall–Kier alpha value is -2.37. The van der Waals surface area contributed by atoms with Crippen molar-refractivity contribution < 1.29 is 24.5 Å². The van der Waals surface area contributed by atoms with E-state index in [0.29, 0.717) is 0 Å². The molecule has 0 radical (unpaired) electrons. The summed E-state index contributed by atoms with van der Waals surface area (Å²) in [5.41, 5.74) is -0.954. The van der Waals surface area contributed by atoms with E-state index in [2.05, 4.69) is 4.98 Å². The fourth-order valence-electron chi connectivity index (χ4n) is 1.28. The van der Waals surface area contributed by atoms with Crippen LogP contribution in [0.2, 0.25) is 0 Å². The molecule has 0 saturated heterocycles. The minimum atomic E-state index is -1.25. The number of allylic oxidation sites excluding steroid dienone is 1. The third kappa shape index (κ3) is 3.81. The van der Waals surface area contributed by atoms with Crippen molar-refractivity contribution in [3.8, 4) is 5.75 Å². The Labute approximate surface area is 116 Å². The maximum absolute atomic E-state index is 11.8. The lowest BCUT2D eigenvalue weighted by atomic mass is 9.90. The maximum atomic E-state index is 11.8. The normalized spacial score (nSPS) is 12.1. The molecular formula is C14H17NO5. The van der Waals surface area contributed by atoms with Crippen molar-refractivity contribution in [2.24, 2.45) is 5.41 Å². The monoisotopic (exact) mass is 279 g/mol. The zero-order valence-corrected chi connectivity index (χ0v) is 11.8. The number of pyridine rings is 1. The Morgan fingerprint density at radius 2 is 1.75 bits per heavy atom. The van der Waals surface area contributed by atoms with Crippen LogP contribution in [0.15, 0.2) is 18.2 Å². The molecule has 0 spiro atoms. The molecule has 6 heteroatoms. The number of aromatic nitrogens is 1. The van der Waals surface area contributed by atoms with E-state index >= 15 is 0 Å². The third-order valence-corrected chi connectivity index (χ3v) is 2.52. The van der Waals surface area contributed by atoms with Gasteiger partial charge in [-0.25, -0.2) is 9.78 Å². The summed E-state index contributed by atoms with van der Waals surface area (Å²) in [4.78, 5) is 26.5.